The summed E-state index contributed by atoms with van der Waals surface area (Å²) in [5.41, 5.74) is 2.54. The number of amides is 1. The Balaban J connectivity index is 1.70. The van der Waals surface area contributed by atoms with E-state index < -0.39 is 0 Å². The van der Waals surface area contributed by atoms with Gasteiger partial charge in [0, 0.05) is 21.3 Å². The van der Waals surface area contributed by atoms with Gasteiger partial charge in [0.15, 0.2) is 0 Å². The van der Waals surface area contributed by atoms with E-state index in [4.69, 9.17) is 23.2 Å². The zero-order valence-corrected chi connectivity index (χ0v) is 18.5. The average Bonchev–Trinajstić information content (AvgIpc) is 3.05. The van der Waals surface area contributed by atoms with Gasteiger partial charge in [-0.1, -0.05) is 71.7 Å². The number of anilines is 1. The fraction of sp³-hybridized carbons (Fsp3) is 0.240. The zero-order chi connectivity index (χ0) is 21.3. The van der Waals surface area contributed by atoms with Gasteiger partial charge in [-0.05, 0) is 61.7 Å². The van der Waals surface area contributed by atoms with E-state index in [1.165, 1.54) is 0 Å². The molecule has 4 rings (SSSR count). The van der Waals surface area contributed by atoms with E-state index in [1.54, 1.807) is 0 Å². The molecule has 1 aliphatic heterocycles. The second-order valence-electron chi connectivity index (χ2n) is 8.15. The lowest BCUT2D eigenvalue weighted by atomic mass is 9.92. The molecular weight excluding hydrogens is 415 g/mol. The van der Waals surface area contributed by atoms with Crippen LogP contribution in [-0.2, 0) is 10.3 Å². The summed E-state index contributed by atoms with van der Waals surface area (Å²) in [6, 6.07) is 24.8. The molecule has 0 spiro atoms. The molecule has 0 aliphatic carbocycles. The molecule has 1 heterocycles. The number of nitrogens with zero attached hydrogens (tertiary/aromatic N) is 1. The van der Waals surface area contributed by atoms with Gasteiger partial charge >= 0.3 is 0 Å². The number of hydrogen-bond acceptors (Lipinski definition) is 2. The summed E-state index contributed by atoms with van der Waals surface area (Å²) in [7, 11) is 0. The van der Waals surface area contributed by atoms with Crippen LogP contribution in [0.25, 0.3) is 0 Å². The highest BCUT2D eigenvalue weighted by Crippen LogP contribution is 2.41. The highest BCUT2D eigenvalue weighted by molar-refractivity contribution is 6.31. The van der Waals surface area contributed by atoms with Crippen LogP contribution in [0.2, 0.25) is 10.0 Å². The van der Waals surface area contributed by atoms with Gasteiger partial charge in [0.2, 0.25) is 5.91 Å². The first-order valence-corrected chi connectivity index (χ1v) is 10.8. The number of halogens is 2. The Kier molecular flexibility index (Phi) is 5.88. The molecule has 1 fully saturated rings. The van der Waals surface area contributed by atoms with Gasteiger partial charge in [0.05, 0.1) is 12.1 Å². The molecule has 1 amide bonds. The maximum atomic E-state index is 13.6. The molecule has 2 atom stereocenters. The molecule has 0 radical (unpaired) electrons. The first-order chi connectivity index (χ1) is 14.4. The number of hydrogen-bond donors (Lipinski definition) is 1. The second kappa shape index (κ2) is 8.43. The van der Waals surface area contributed by atoms with Gasteiger partial charge < -0.3 is 4.90 Å². The Morgan fingerprint density at radius 3 is 2.20 bits per heavy atom. The zero-order valence-electron chi connectivity index (χ0n) is 17.0. The molecule has 3 aromatic carbocycles. The van der Waals surface area contributed by atoms with Gasteiger partial charge in [-0.25, -0.2) is 0 Å². The molecular formula is C25H24Cl2N2O. The third kappa shape index (κ3) is 4.11. The van der Waals surface area contributed by atoms with Gasteiger partial charge in [0.25, 0.3) is 0 Å². The van der Waals surface area contributed by atoms with Crippen LogP contribution < -0.4 is 10.2 Å². The summed E-state index contributed by atoms with van der Waals surface area (Å²) in [6.07, 6.45) is 0.626. The topological polar surface area (TPSA) is 32.3 Å². The van der Waals surface area contributed by atoms with Crippen molar-refractivity contribution in [2.45, 2.75) is 37.9 Å². The Hall–Kier alpha value is -2.33. The van der Waals surface area contributed by atoms with Crippen LogP contribution in [0.5, 0.6) is 0 Å². The van der Waals surface area contributed by atoms with Crippen LogP contribution in [0.1, 0.15) is 37.4 Å². The summed E-state index contributed by atoms with van der Waals surface area (Å²) in [5, 5.41) is 4.89. The van der Waals surface area contributed by atoms with Gasteiger partial charge in [-0.3, -0.25) is 10.1 Å². The predicted molar refractivity (Wildman–Crippen MR) is 124 cm³/mol. The molecule has 3 nitrogen and oxygen atoms in total. The summed E-state index contributed by atoms with van der Waals surface area (Å²) in [4.78, 5) is 15.4. The molecule has 1 N–H and O–H groups in total. The summed E-state index contributed by atoms with van der Waals surface area (Å²) in [6.45, 7) is 4.20. The van der Waals surface area contributed by atoms with Crippen LogP contribution in [0.3, 0.4) is 0 Å². The van der Waals surface area contributed by atoms with Crippen molar-refractivity contribution in [3.63, 3.8) is 0 Å². The van der Waals surface area contributed by atoms with Crippen LogP contribution in [0, 0.1) is 0 Å². The van der Waals surface area contributed by atoms with Crippen LogP contribution in [-0.4, -0.2) is 11.9 Å². The van der Waals surface area contributed by atoms with Crippen molar-refractivity contribution in [3.8, 4) is 0 Å². The summed E-state index contributed by atoms with van der Waals surface area (Å²) >= 11 is 12.6. The van der Waals surface area contributed by atoms with Gasteiger partial charge in [-0.15, -0.1) is 0 Å². The van der Waals surface area contributed by atoms with Crippen LogP contribution in [0.4, 0.5) is 5.69 Å². The minimum atomic E-state index is -0.359. The fourth-order valence-corrected chi connectivity index (χ4v) is 4.55. The number of carbonyl (C=O) groups excluding carboxylic acids is 1. The lowest BCUT2D eigenvalue weighted by Crippen LogP contribution is -2.47. The molecule has 0 saturated carbocycles. The number of rotatable bonds is 5. The third-order valence-electron chi connectivity index (χ3n) is 5.71. The third-order valence-corrected chi connectivity index (χ3v) is 6.30. The smallest absolute Gasteiger partial charge is 0.244 e. The molecule has 1 aliphatic rings. The molecule has 0 bridgehead atoms. The Morgan fingerprint density at radius 2 is 1.53 bits per heavy atom. The predicted octanol–water partition coefficient (Wildman–Crippen LogP) is 6.36. The molecule has 5 heteroatoms. The lowest BCUT2D eigenvalue weighted by molar-refractivity contribution is -0.119. The SMILES string of the molecule is CC(C)(N[C@@H]1C[C@H](c2ccccc2Cl)N(c2ccc(Cl)cc2)C1=O)c1ccccc1. The molecule has 30 heavy (non-hydrogen) atoms. The second-order valence-corrected chi connectivity index (χ2v) is 8.99. The van der Waals surface area contributed by atoms with Crippen molar-refractivity contribution in [1.82, 2.24) is 5.32 Å². The minimum absolute atomic E-state index is 0.0336. The standard InChI is InChI=1S/C25H24Cl2N2O/c1-25(2,17-8-4-3-5-9-17)28-22-16-23(20-10-6-7-11-21(20)27)29(24(22)30)19-14-12-18(26)13-15-19/h3-15,22-23,28H,16H2,1-2H3/t22-,23-/m1/s1. The van der Waals surface area contributed by atoms with E-state index in [-0.39, 0.29) is 23.5 Å². The van der Waals surface area contributed by atoms with Crippen LogP contribution >= 0.6 is 23.2 Å². The van der Waals surface area contributed by atoms with E-state index in [0.717, 1.165) is 16.8 Å². The maximum Gasteiger partial charge on any atom is 0.244 e. The van der Waals surface area contributed by atoms with Gasteiger partial charge in [0.1, 0.15) is 0 Å². The Bertz CT molecular complexity index is 1030. The van der Waals surface area contributed by atoms with E-state index >= 15 is 0 Å². The summed E-state index contributed by atoms with van der Waals surface area (Å²) < 4.78 is 0. The first-order valence-electron chi connectivity index (χ1n) is 10.0. The molecule has 1 saturated heterocycles. The van der Waals surface area contributed by atoms with Crippen molar-refractivity contribution in [2.75, 3.05) is 4.90 Å². The van der Waals surface area contributed by atoms with E-state index in [1.807, 2.05) is 71.6 Å². The molecule has 0 unspecified atom stereocenters. The minimum Gasteiger partial charge on any atom is -0.303 e. The number of nitrogens with one attached hydrogen (secondary N) is 1. The molecule has 3 aromatic rings. The summed E-state index contributed by atoms with van der Waals surface area (Å²) in [5.74, 6) is 0.0336. The lowest BCUT2D eigenvalue weighted by Gasteiger charge is -2.30. The highest BCUT2D eigenvalue weighted by Gasteiger charge is 2.43. The Morgan fingerprint density at radius 1 is 0.900 bits per heavy atom. The van der Waals surface area contributed by atoms with E-state index in [9.17, 15) is 4.79 Å². The van der Waals surface area contributed by atoms with Crippen LogP contribution in [0.15, 0.2) is 78.9 Å². The Labute approximate surface area is 187 Å². The normalized spacial score (nSPS) is 19.3. The van der Waals surface area contributed by atoms with Crippen molar-refractivity contribution in [3.05, 3.63) is 100 Å². The maximum absolute atomic E-state index is 13.6. The van der Waals surface area contributed by atoms with Crippen molar-refractivity contribution in [2.24, 2.45) is 0 Å². The molecule has 0 aromatic heterocycles. The highest BCUT2D eigenvalue weighted by atomic mass is 35.5. The quantitative estimate of drug-likeness (QED) is 0.501. The molecule has 154 valence electrons. The van der Waals surface area contributed by atoms with E-state index in [2.05, 4.69) is 31.3 Å². The fourth-order valence-electron chi connectivity index (χ4n) is 4.17. The van der Waals surface area contributed by atoms with Crippen molar-refractivity contribution in [1.29, 1.82) is 0 Å². The van der Waals surface area contributed by atoms with Crippen molar-refractivity contribution >= 4 is 34.8 Å². The average molecular weight is 439 g/mol. The van der Waals surface area contributed by atoms with E-state index in [0.29, 0.717) is 16.5 Å². The number of carbonyl (C=O) groups is 1. The monoisotopic (exact) mass is 438 g/mol. The number of benzene rings is 3. The van der Waals surface area contributed by atoms with Gasteiger partial charge in [-0.2, -0.15) is 0 Å². The van der Waals surface area contributed by atoms with Crippen molar-refractivity contribution < 1.29 is 4.79 Å². The first kappa shape index (κ1) is 20.9. The largest absolute Gasteiger partial charge is 0.303 e.